The summed E-state index contributed by atoms with van der Waals surface area (Å²) in [6.07, 6.45) is 1.47. The molecule has 29 heavy (non-hydrogen) atoms. The fourth-order valence-electron chi connectivity index (χ4n) is 2.82. The van der Waals surface area contributed by atoms with Crippen LogP contribution in [0, 0.1) is 12.7 Å². The van der Waals surface area contributed by atoms with Crippen LogP contribution in [0.1, 0.15) is 34.8 Å². The predicted octanol–water partition coefficient (Wildman–Crippen LogP) is 2.76. The Bertz CT molecular complexity index is 839. The van der Waals surface area contributed by atoms with E-state index < -0.39 is 0 Å². The third-order valence-electron chi connectivity index (χ3n) is 4.33. The van der Waals surface area contributed by atoms with E-state index in [0.717, 1.165) is 24.1 Å². The fraction of sp³-hybridized carbons (Fsp3) is 0.364. The molecule has 1 amide bonds. The van der Waals surface area contributed by atoms with Crippen molar-refractivity contribution < 1.29 is 14.3 Å². The van der Waals surface area contributed by atoms with Crippen molar-refractivity contribution in [2.45, 2.75) is 26.7 Å². The number of carbonyl (C=O) groups excluding carboxylic acids is 1. The van der Waals surface area contributed by atoms with E-state index in [1.54, 1.807) is 18.2 Å². The summed E-state index contributed by atoms with van der Waals surface area (Å²) in [4.78, 5) is 16.5. The highest BCUT2D eigenvalue weighted by atomic mass is 19.1. The quantitative estimate of drug-likeness (QED) is 0.296. The van der Waals surface area contributed by atoms with Gasteiger partial charge in [0.15, 0.2) is 5.96 Å². The van der Waals surface area contributed by atoms with E-state index in [9.17, 15) is 14.3 Å². The lowest BCUT2D eigenvalue weighted by Gasteiger charge is -2.12. The number of aryl methyl sites for hydroxylation is 1. The molecule has 0 saturated heterocycles. The molecule has 0 aliphatic heterocycles. The molecule has 0 aromatic heterocycles. The van der Waals surface area contributed by atoms with Crippen molar-refractivity contribution in [1.82, 2.24) is 16.0 Å². The molecule has 2 aromatic carbocycles. The summed E-state index contributed by atoms with van der Waals surface area (Å²) in [5, 5.41) is 18.7. The number of hydrogen-bond donors (Lipinski definition) is 4. The van der Waals surface area contributed by atoms with Crippen LogP contribution in [0.25, 0.3) is 0 Å². The zero-order valence-electron chi connectivity index (χ0n) is 17.0. The molecular weight excluding hydrogens is 371 g/mol. The summed E-state index contributed by atoms with van der Waals surface area (Å²) in [5.41, 5.74) is 2.47. The minimum Gasteiger partial charge on any atom is -0.508 e. The Morgan fingerprint density at radius 1 is 1.10 bits per heavy atom. The largest absolute Gasteiger partial charge is 0.508 e. The van der Waals surface area contributed by atoms with Crippen LogP contribution in [0.3, 0.4) is 0 Å². The molecule has 7 heteroatoms. The van der Waals surface area contributed by atoms with Crippen LogP contribution >= 0.6 is 0 Å². The van der Waals surface area contributed by atoms with E-state index in [4.69, 9.17) is 0 Å². The van der Waals surface area contributed by atoms with Crippen LogP contribution < -0.4 is 16.0 Å². The lowest BCUT2D eigenvalue weighted by Crippen LogP contribution is -2.38. The van der Waals surface area contributed by atoms with Gasteiger partial charge in [-0.3, -0.25) is 9.79 Å². The number of aromatic hydroxyl groups is 1. The van der Waals surface area contributed by atoms with Crippen molar-refractivity contribution >= 4 is 11.9 Å². The lowest BCUT2D eigenvalue weighted by atomic mass is 10.1. The average Bonchev–Trinajstić information content (AvgIpc) is 2.69. The second-order valence-electron chi connectivity index (χ2n) is 6.67. The van der Waals surface area contributed by atoms with Gasteiger partial charge in [0, 0.05) is 31.7 Å². The van der Waals surface area contributed by atoms with Crippen molar-refractivity contribution in [3.8, 4) is 5.75 Å². The van der Waals surface area contributed by atoms with Crippen molar-refractivity contribution in [2.24, 2.45) is 4.99 Å². The van der Waals surface area contributed by atoms with E-state index in [-0.39, 0.29) is 17.5 Å². The van der Waals surface area contributed by atoms with Crippen LogP contribution in [-0.4, -0.2) is 43.2 Å². The molecule has 6 nitrogen and oxygen atoms in total. The SMILES string of the molecule is CCNC(=NCCCNC(=O)c1cccc(O)c1)NCCc1ccc(F)cc1C. The summed E-state index contributed by atoms with van der Waals surface area (Å²) in [6.45, 7) is 6.39. The van der Waals surface area contributed by atoms with Crippen molar-refractivity contribution in [3.63, 3.8) is 0 Å². The molecule has 0 saturated carbocycles. The zero-order chi connectivity index (χ0) is 21.1. The first kappa shape index (κ1) is 22.2. The molecule has 156 valence electrons. The van der Waals surface area contributed by atoms with Crippen molar-refractivity contribution in [3.05, 3.63) is 65.0 Å². The monoisotopic (exact) mass is 400 g/mol. The first-order valence-electron chi connectivity index (χ1n) is 9.84. The topological polar surface area (TPSA) is 85.8 Å². The first-order valence-corrected chi connectivity index (χ1v) is 9.84. The number of amides is 1. The van der Waals surface area contributed by atoms with Gasteiger partial charge in [0.25, 0.3) is 5.91 Å². The Morgan fingerprint density at radius 2 is 1.93 bits per heavy atom. The Morgan fingerprint density at radius 3 is 2.66 bits per heavy atom. The van der Waals surface area contributed by atoms with Crippen LogP contribution in [0.15, 0.2) is 47.5 Å². The summed E-state index contributed by atoms with van der Waals surface area (Å²) in [7, 11) is 0. The minimum absolute atomic E-state index is 0.0689. The maximum Gasteiger partial charge on any atom is 0.251 e. The molecule has 2 aromatic rings. The number of aliphatic imine (C=N–C) groups is 1. The second-order valence-corrected chi connectivity index (χ2v) is 6.67. The van der Waals surface area contributed by atoms with Gasteiger partial charge in [0.2, 0.25) is 0 Å². The number of nitrogens with one attached hydrogen (secondary N) is 3. The van der Waals surface area contributed by atoms with E-state index in [1.165, 1.54) is 18.2 Å². The standard InChI is InChI=1S/C22H29FN4O2/c1-3-24-22(27-13-10-17-8-9-19(23)14-16(17)2)26-12-5-11-25-21(29)18-6-4-7-20(28)15-18/h4,6-9,14-15,28H,3,5,10-13H2,1-2H3,(H,25,29)(H2,24,26,27). The predicted molar refractivity (Wildman–Crippen MR) is 114 cm³/mol. The molecule has 0 unspecified atom stereocenters. The first-order chi connectivity index (χ1) is 14.0. The number of nitrogens with zero attached hydrogens (tertiary/aromatic N) is 1. The third kappa shape index (κ3) is 7.81. The van der Waals surface area contributed by atoms with Crippen molar-refractivity contribution in [1.29, 1.82) is 0 Å². The molecule has 0 radical (unpaired) electrons. The molecular formula is C22H29FN4O2. The van der Waals surface area contributed by atoms with Crippen LogP contribution in [0.2, 0.25) is 0 Å². The minimum atomic E-state index is -0.218. The maximum atomic E-state index is 13.2. The molecule has 0 bridgehead atoms. The number of phenols is 1. The second kappa shape index (κ2) is 11.7. The third-order valence-corrected chi connectivity index (χ3v) is 4.33. The molecule has 0 atom stereocenters. The van der Waals surface area contributed by atoms with Gasteiger partial charge < -0.3 is 21.1 Å². The molecule has 0 heterocycles. The van der Waals surface area contributed by atoms with E-state index >= 15 is 0 Å². The Kier molecular flexibility index (Phi) is 8.95. The number of rotatable bonds is 9. The Labute approximate surface area is 171 Å². The van der Waals surface area contributed by atoms with E-state index in [1.807, 2.05) is 19.9 Å². The Balaban J connectivity index is 1.73. The average molecular weight is 400 g/mol. The fourth-order valence-corrected chi connectivity index (χ4v) is 2.82. The summed E-state index contributed by atoms with van der Waals surface area (Å²) >= 11 is 0. The number of guanidine groups is 1. The molecule has 0 aliphatic rings. The van der Waals surface area contributed by atoms with Gasteiger partial charge >= 0.3 is 0 Å². The normalized spacial score (nSPS) is 11.2. The van der Waals surface area contributed by atoms with Gasteiger partial charge in [-0.1, -0.05) is 12.1 Å². The molecule has 0 fully saturated rings. The van der Waals surface area contributed by atoms with Gasteiger partial charge in [0.1, 0.15) is 11.6 Å². The number of hydrogen-bond acceptors (Lipinski definition) is 3. The van der Waals surface area contributed by atoms with Crippen molar-refractivity contribution in [2.75, 3.05) is 26.2 Å². The highest BCUT2D eigenvalue weighted by Gasteiger charge is 2.05. The van der Waals surface area contributed by atoms with E-state index in [0.29, 0.717) is 37.6 Å². The van der Waals surface area contributed by atoms with Gasteiger partial charge in [-0.05, 0) is 68.1 Å². The summed E-state index contributed by atoms with van der Waals surface area (Å²) in [5.74, 6) is 0.348. The lowest BCUT2D eigenvalue weighted by molar-refractivity contribution is 0.0953. The van der Waals surface area contributed by atoms with Crippen LogP contribution in [0.5, 0.6) is 5.75 Å². The van der Waals surface area contributed by atoms with Gasteiger partial charge in [-0.15, -0.1) is 0 Å². The summed E-state index contributed by atoms with van der Waals surface area (Å²) in [6, 6.07) is 11.1. The highest BCUT2D eigenvalue weighted by molar-refractivity contribution is 5.94. The molecule has 0 spiro atoms. The van der Waals surface area contributed by atoms with Gasteiger partial charge in [-0.2, -0.15) is 0 Å². The highest BCUT2D eigenvalue weighted by Crippen LogP contribution is 2.11. The maximum absolute atomic E-state index is 13.2. The number of halogens is 1. The van der Waals surface area contributed by atoms with Crippen LogP contribution in [-0.2, 0) is 6.42 Å². The van der Waals surface area contributed by atoms with E-state index in [2.05, 4.69) is 20.9 Å². The number of phenolic OH excluding ortho intramolecular Hbond substituents is 1. The van der Waals surface area contributed by atoms with Gasteiger partial charge in [0.05, 0.1) is 0 Å². The molecule has 0 aliphatic carbocycles. The number of benzene rings is 2. The summed E-state index contributed by atoms with van der Waals surface area (Å²) < 4.78 is 13.2. The molecule has 4 N–H and O–H groups in total. The van der Waals surface area contributed by atoms with Gasteiger partial charge in [-0.25, -0.2) is 4.39 Å². The smallest absolute Gasteiger partial charge is 0.251 e. The zero-order valence-corrected chi connectivity index (χ0v) is 17.0. The van der Waals surface area contributed by atoms with Crippen LogP contribution in [0.4, 0.5) is 4.39 Å². The Hall–Kier alpha value is -3.09. The molecule has 2 rings (SSSR count). The number of carbonyl (C=O) groups is 1.